The maximum Gasteiger partial charge on any atom is 0.165 e. The number of aromatic nitrogens is 2. The van der Waals surface area contributed by atoms with Gasteiger partial charge in [0, 0.05) is 17.5 Å². The van der Waals surface area contributed by atoms with E-state index in [-0.39, 0.29) is 11.7 Å². The van der Waals surface area contributed by atoms with Crippen LogP contribution in [0.3, 0.4) is 0 Å². The van der Waals surface area contributed by atoms with E-state index in [0.29, 0.717) is 34.2 Å². The van der Waals surface area contributed by atoms with Crippen LogP contribution in [0.2, 0.25) is 0 Å². The quantitative estimate of drug-likeness (QED) is 0.668. The molecule has 0 aliphatic heterocycles. The van der Waals surface area contributed by atoms with E-state index in [0.717, 1.165) is 0 Å². The molecule has 0 amide bonds. The Morgan fingerprint density at radius 1 is 1.40 bits per heavy atom. The molecule has 25 heavy (non-hydrogen) atoms. The zero-order valence-electron chi connectivity index (χ0n) is 13.7. The van der Waals surface area contributed by atoms with Crippen LogP contribution in [0.25, 0.3) is 23.4 Å². The number of methoxy groups -OCH3 is 1. The molecule has 0 saturated carbocycles. The van der Waals surface area contributed by atoms with E-state index in [2.05, 4.69) is 21.5 Å². The Labute approximate surface area is 144 Å². The van der Waals surface area contributed by atoms with Gasteiger partial charge in [0.2, 0.25) is 0 Å². The normalized spacial score (nSPS) is 16.1. The second-order valence-corrected chi connectivity index (χ2v) is 5.47. The van der Waals surface area contributed by atoms with Crippen LogP contribution in [0.4, 0.5) is 4.39 Å². The number of benzene rings is 1. The van der Waals surface area contributed by atoms with E-state index in [1.807, 2.05) is 6.08 Å². The highest BCUT2D eigenvalue weighted by Gasteiger charge is 2.13. The fraction of sp³-hybridized carbons (Fsp3) is 0.158. The van der Waals surface area contributed by atoms with Gasteiger partial charge in [-0.2, -0.15) is 0 Å². The summed E-state index contributed by atoms with van der Waals surface area (Å²) in [4.78, 5) is 13.1. The average molecular weight is 336 g/mol. The van der Waals surface area contributed by atoms with Crippen molar-refractivity contribution in [1.82, 2.24) is 9.97 Å². The summed E-state index contributed by atoms with van der Waals surface area (Å²) in [5, 5.41) is 9.40. The molecule has 0 fully saturated rings. The molecule has 3 rings (SSSR count). The van der Waals surface area contributed by atoms with Crippen molar-refractivity contribution in [2.45, 2.75) is 0 Å². The molecular weight excluding hydrogens is 319 g/mol. The third-order valence-electron chi connectivity index (χ3n) is 3.77. The Balaban J connectivity index is 1.99. The smallest absolute Gasteiger partial charge is 0.165 e. The van der Waals surface area contributed by atoms with Gasteiger partial charge in [0.1, 0.15) is 0 Å². The number of ether oxygens (including phenoxy) is 1. The van der Waals surface area contributed by atoms with Crippen molar-refractivity contribution in [3.05, 3.63) is 53.6 Å². The van der Waals surface area contributed by atoms with Gasteiger partial charge in [-0.3, -0.25) is 9.98 Å². The van der Waals surface area contributed by atoms with E-state index in [1.165, 1.54) is 13.2 Å². The summed E-state index contributed by atoms with van der Waals surface area (Å²) >= 11 is 0. The van der Waals surface area contributed by atoms with Crippen LogP contribution in [-0.4, -0.2) is 35.5 Å². The maximum absolute atomic E-state index is 13.9. The summed E-state index contributed by atoms with van der Waals surface area (Å²) in [6.07, 6.45) is 8.50. The van der Waals surface area contributed by atoms with Crippen molar-refractivity contribution in [1.29, 1.82) is 5.41 Å². The molecule has 1 unspecified atom stereocenters. The Hall–Kier alpha value is -3.15. The second kappa shape index (κ2) is 7.17. The first-order valence-corrected chi connectivity index (χ1v) is 7.72. The molecule has 0 bridgehead atoms. The van der Waals surface area contributed by atoms with Crippen LogP contribution in [0.5, 0.6) is 5.75 Å². The number of hydrogen-bond donors (Lipinski definition) is 1. The third-order valence-corrected chi connectivity index (χ3v) is 3.77. The molecule has 126 valence electrons. The molecule has 0 spiro atoms. The Morgan fingerprint density at radius 2 is 2.24 bits per heavy atom. The van der Waals surface area contributed by atoms with Crippen LogP contribution in [0, 0.1) is 17.1 Å². The maximum atomic E-state index is 13.9. The van der Waals surface area contributed by atoms with E-state index in [9.17, 15) is 4.39 Å². The van der Waals surface area contributed by atoms with Gasteiger partial charge < -0.3 is 10.1 Å². The molecule has 6 heteroatoms. The fourth-order valence-electron chi connectivity index (χ4n) is 2.49. The van der Waals surface area contributed by atoms with Gasteiger partial charge in [0.25, 0.3) is 0 Å². The summed E-state index contributed by atoms with van der Waals surface area (Å²) in [6, 6.07) is 4.63. The lowest BCUT2D eigenvalue weighted by Gasteiger charge is -2.10. The molecule has 0 radical (unpaired) electrons. The van der Waals surface area contributed by atoms with Gasteiger partial charge in [-0.05, 0) is 30.4 Å². The van der Waals surface area contributed by atoms with Crippen LogP contribution >= 0.6 is 0 Å². The highest BCUT2D eigenvalue weighted by molar-refractivity contribution is 6.19. The largest absolute Gasteiger partial charge is 0.494 e. The van der Waals surface area contributed by atoms with E-state index >= 15 is 0 Å². The monoisotopic (exact) mass is 336 g/mol. The lowest BCUT2D eigenvalue weighted by atomic mass is 10.00. The first kappa shape index (κ1) is 16.7. The Kier molecular flexibility index (Phi) is 4.79. The van der Waals surface area contributed by atoms with Crippen LogP contribution in [0.15, 0.2) is 42.0 Å². The standard InChI is InChI=1S/C19H17FN4O/c1-3-6-22-10-13-8-16-17(9-15(13)21)24-18(11-23-16)12-4-5-19(25-2)14(20)7-12/h3-5,7-11,13,21H,1,6H2,2H3. The van der Waals surface area contributed by atoms with Gasteiger partial charge in [-0.1, -0.05) is 6.08 Å². The van der Waals surface area contributed by atoms with Gasteiger partial charge >= 0.3 is 0 Å². The van der Waals surface area contributed by atoms with E-state index < -0.39 is 5.82 Å². The van der Waals surface area contributed by atoms with Crippen molar-refractivity contribution >= 4 is 24.1 Å². The fourth-order valence-corrected chi connectivity index (χ4v) is 2.49. The number of aliphatic imine (C=N–C) groups is 1. The minimum Gasteiger partial charge on any atom is -0.494 e. The number of rotatable bonds is 5. The summed E-state index contributed by atoms with van der Waals surface area (Å²) < 4.78 is 18.8. The molecule has 1 aromatic carbocycles. The van der Waals surface area contributed by atoms with Crippen molar-refractivity contribution in [2.75, 3.05) is 13.7 Å². The molecule has 1 N–H and O–H groups in total. The van der Waals surface area contributed by atoms with E-state index in [4.69, 9.17) is 10.1 Å². The summed E-state index contributed by atoms with van der Waals surface area (Å²) in [5.41, 5.74) is 1.52. The molecule has 0 saturated heterocycles. The summed E-state index contributed by atoms with van der Waals surface area (Å²) in [5.74, 6) is -0.509. The van der Waals surface area contributed by atoms with Gasteiger partial charge in [0.05, 0.1) is 42.2 Å². The first-order chi connectivity index (χ1) is 12.1. The van der Waals surface area contributed by atoms with Crippen molar-refractivity contribution < 1.29 is 9.13 Å². The predicted molar refractivity (Wildman–Crippen MR) is 96.9 cm³/mol. The number of fused-ring (bicyclic) bond motifs is 1. The third kappa shape index (κ3) is 3.52. The predicted octanol–water partition coefficient (Wildman–Crippen LogP) is 1.76. The van der Waals surface area contributed by atoms with Gasteiger partial charge in [0.15, 0.2) is 11.6 Å². The van der Waals surface area contributed by atoms with Crippen molar-refractivity contribution in [3.8, 4) is 17.0 Å². The van der Waals surface area contributed by atoms with Gasteiger partial charge in [-0.15, -0.1) is 6.58 Å². The Morgan fingerprint density at radius 3 is 2.96 bits per heavy atom. The van der Waals surface area contributed by atoms with Gasteiger partial charge in [-0.25, -0.2) is 9.37 Å². The van der Waals surface area contributed by atoms with Crippen molar-refractivity contribution in [3.63, 3.8) is 0 Å². The number of hydrogen-bond acceptors (Lipinski definition) is 5. The average Bonchev–Trinajstić information content (AvgIpc) is 2.62. The number of nitrogens with one attached hydrogen (secondary N) is 1. The summed E-state index contributed by atoms with van der Waals surface area (Å²) in [7, 11) is 1.42. The van der Waals surface area contributed by atoms with Crippen LogP contribution < -0.4 is 15.4 Å². The highest BCUT2D eigenvalue weighted by Crippen LogP contribution is 2.23. The SMILES string of the molecule is C=CCN=CC1C=c2ncc(-c3ccc(OC)c(F)c3)nc2=CC1=N. The molecule has 1 heterocycles. The molecule has 1 aliphatic rings. The molecule has 1 aromatic heterocycles. The van der Waals surface area contributed by atoms with Crippen molar-refractivity contribution in [2.24, 2.45) is 10.9 Å². The highest BCUT2D eigenvalue weighted by atomic mass is 19.1. The summed E-state index contributed by atoms with van der Waals surface area (Å²) in [6.45, 7) is 4.12. The van der Waals surface area contributed by atoms with E-state index in [1.54, 1.807) is 36.7 Å². The Bertz CT molecular complexity index is 981. The first-order valence-electron chi connectivity index (χ1n) is 7.72. The minimum absolute atomic E-state index is 0.179. The number of nitrogens with zero attached hydrogens (tertiary/aromatic N) is 3. The van der Waals surface area contributed by atoms with Crippen LogP contribution in [-0.2, 0) is 0 Å². The zero-order chi connectivity index (χ0) is 17.8. The lowest BCUT2D eigenvalue weighted by Crippen LogP contribution is -2.38. The molecule has 1 aliphatic carbocycles. The molecule has 2 aromatic rings. The number of halogens is 1. The topological polar surface area (TPSA) is 71.2 Å². The molecule has 5 nitrogen and oxygen atoms in total. The molecule has 1 atom stereocenters. The second-order valence-electron chi connectivity index (χ2n) is 5.47. The van der Waals surface area contributed by atoms with Crippen LogP contribution in [0.1, 0.15) is 0 Å². The zero-order valence-corrected chi connectivity index (χ0v) is 13.7. The lowest BCUT2D eigenvalue weighted by molar-refractivity contribution is 0.386. The minimum atomic E-state index is -0.457. The molecular formula is C19H17FN4O.